The molecule has 19 heavy (non-hydrogen) atoms. The number of nitro benzene ring substituents is 1. The van der Waals surface area contributed by atoms with Crippen molar-refractivity contribution in [2.24, 2.45) is 5.73 Å². The lowest BCUT2D eigenvalue weighted by Crippen LogP contribution is -2.48. The molecule has 0 heterocycles. The second kappa shape index (κ2) is 5.27. The zero-order valence-corrected chi connectivity index (χ0v) is 10.4. The van der Waals surface area contributed by atoms with Crippen LogP contribution in [0.2, 0.25) is 0 Å². The Labute approximate surface area is 107 Å². The summed E-state index contributed by atoms with van der Waals surface area (Å²) in [5, 5.41) is 12.7. The van der Waals surface area contributed by atoms with Crippen molar-refractivity contribution in [1.82, 2.24) is 0 Å². The van der Waals surface area contributed by atoms with Crippen LogP contribution in [0.25, 0.3) is 0 Å². The Morgan fingerprint density at radius 3 is 2.58 bits per heavy atom. The maximum atomic E-state index is 13.5. The van der Waals surface area contributed by atoms with Gasteiger partial charge in [-0.2, -0.15) is 0 Å². The molecule has 1 amide bonds. The number of nitro groups is 1. The predicted molar refractivity (Wildman–Crippen MR) is 64.5 cm³/mol. The first-order valence-electron chi connectivity index (χ1n) is 5.43. The summed E-state index contributed by atoms with van der Waals surface area (Å²) in [7, 11) is 0. The van der Waals surface area contributed by atoms with Gasteiger partial charge in [-0.25, -0.2) is 8.78 Å². The lowest BCUT2D eigenvalue weighted by Gasteiger charge is -2.21. The van der Waals surface area contributed by atoms with Gasteiger partial charge in [-0.3, -0.25) is 14.9 Å². The number of hydrogen-bond donors (Lipinski definition) is 2. The van der Waals surface area contributed by atoms with Gasteiger partial charge in [0.05, 0.1) is 10.5 Å². The minimum absolute atomic E-state index is 0.226. The number of halogens is 2. The van der Waals surface area contributed by atoms with Gasteiger partial charge in [-0.15, -0.1) is 0 Å². The van der Waals surface area contributed by atoms with E-state index in [4.69, 9.17) is 5.73 Å². The van der Waals surface area contributed by atoms with Crippen molar-refractivity contribution in [2.75, 3.05) is 5.32 Å². The molecule has 0 fully saturated rings. The molecule has 104 valence electrons. The Balaban J connectivity index is 3.23. The number of nitrogens with one attached hydrogen (secondary N) is 1. The van der Waals surface area contributed by atoms with Crippen LogP contribution in [-0.2, 0) is 4.79 Å². The van der Waals surface area contributed by atoms with Crippen molar-refractivity contribution in [3.8, 4) is 0 Å². The fourth-order valence-corrected chi connectivity index (χ4v) is 1.23. The minimum Gasteiger partial charge on any atom is -0.318 e. The molecule has 1 unspecified atom stereocenters. The SMILES string of the molecule is CCC(C)(N)C(=O)Nc1c([N+](=O)[O-])ccc(F)c1F. The van der Waals surface area contributed by atoms with Crippen LogP contribution >= 0.6 is 0 Å². The average molecular weight is 273 g/mol. The maximum absolute atomic E-state index is 13.5. The van der Waals surface area contributed by atoms with Crippen molar-refractivity contribution in [2.45, 2.75) is 25.8 Å². The van der Waals surface area contributed by atoms with Crippen LogP contribution < -0.4 is 11.1 Å². The predicted octanol–water partition coefficient (Wildman–Crippen LogP) is 1.94. The highest BCUT2D eigenvalue weighted by atomic mass is 19.2. The highest BCUT2D eigenvalue weighted by Crippen LogP contribution is 2.29. The summed E-state index contributed by atoms with van der Waals surface area (Å²) in [6, 6.07) is 1.39. The van der Waals surface area contributed by atoms with Crippen LogP contribution in [0.1, 0.15) is 20.3 Å². The van der Waals surface area contributed by atoms with E-state index in [2.05, 4.69) is 0 Å². The molecule has 1 atom stereocenters. The normalized spacial score (nSPS) is 13.7. The van der Waals surface area contributed by atoms with Crippen molar-refractivity contribution in [3.63, 3.8) is 0 Å². The summed E-state index contributed by atoms with van der Waals surface area (Å²) in [4.78, 5) is 21.6. The van der Waals surface area contributed by atoms with Gasteiger partial charge in [0.1, 0.15) is 0 Å². The number of nitrogens with two attached hydrogens (primary N) is 1. The van der Waals surface area contributed by atoms with E-state index in [1.54, 1.807) is 6.92 Å². The summed E-state index contributed by atoms with van der Waals surface area (Å²) in [6.45, 7) is 3.00. The summed E-state index contributed by atoms with van der Waals surface area (Å²) >= 11 is 0. The average Bonchev–Trinajstić information content (AvgIpc) is 2.34. The summed E-state index contributed by atoms with van der Waals surface area (Å²) in [6.07, 6.45) is 0.226. The van der Waals surface area contributed by atoms with E-state index in [9.17, 15) is 23.7 Å². The summed E-state index contributed by atoms with van der Waals surface area (Å²) in [5.41, 5.74) is 2.73. The number of amides is 1. The number of nitrogens with zero attached hydrogens (tertiary/aromatic N) is 1. The van der Waals surface area contributed by atoms with E-state index in [1.165, 1.54) is 6.92 Å². The van der Waals surface area contributed by atoms with Gasteiger partial charge in [0, 0.05) is 6.07 Å². The van der Waals surface area contributed by atoms with Crippen molar-refractivity contribution < 1.29 is 18.5 Å². The quantitative estimate of drug-likeness (QED) is 0.647. The molecule has 8 heteroatoms. The third-order valence-electron chi connectivity index (χ3n) is 2.76. The lowest BCUT2D eigenvalue weighted by molar-refractivity contribution is -0.384. The Bertz CT molecular complexity index is 532. The van der Waals surface area contributed by atoms with Gasteiger partial charge in [0.15, 0.2) is 17.3 Å². The van der Waals surface area contributed by atoms with Crippen LogP contribution in [0.15, 0.2) is 12.1 Å². The second-order valence-corrected chi connectivity index (χ2v) is 4.24. The Morgan fingerprint density at radius 1 is 1.53 bits per heavy atom. The molecule has 0 bridgehead atoms. The van der Waals surface area contributed by atoms with E-state index in [-0.39, 0.29) is 6.42 Å². The third-order valence-corrected chi connectivity index (χ3v) is 2.76. The van der Waals surface area contributed by atoms with Crippen LogP contribution in [0, 0.1) is 21.7 Å². The molecule has 0 saturated heterocycles. The molecule has 0 aliphatic heterocycles. The van der Waals surface area contributed by atoms with E-state index >= 15 is 0 Å². The molecule has 3 N–H and O–H groups in total. The van der Waals surface area contributed by atoms with Crippen molar-refractivity contribution >= 4 is 17.3 Å². The fourth-order valence-electron chi connectivity index (χ4n) is 1.23. The van der Waals surface area contributed by atoms with E-state index in [0.717, 1.165) is 6.07 Å². The molecular weight excluding hydrogens is 260 g/mol. The van der Waals surface area contributed by atoms with Gasteiger partial charge < -0.3 is 11.1 Å². The number of rotatable bonds is 4. The van der Waals surface area contributed by atoms with Gasteiger partial charge in [-0.1, -0.05) is 6.92 Å². The zero-order chi connectivity index (χ0) is 14.8. The first-order valence-corrected chi connectivity index (χ1v) is 5.43. The molecule has 1 rings (SSSR count). The second-order valence-electron chi connectivity index (χ2n) is 4.24. The van der Waals surface area contributed by atoms with Crippen molar-refractivity contribution in [1.29, 1.82) is 0 Å². The number of benzene rings is 1. The van der Waals surface area contributed by atoms with Gasteiger partial charge >= 0.3 is 0 Å². The van der Waals surface area contributed by atoms with Crippen LogP contribution in [0.5, 0.6) is 0 Å². The number of carbonyl (C=O) groups is 1. The standard InChI is InChI=1S/C11H13F2N3O3/c1-3-11(2,14)10(17)15-9-7(16(18)19)5-4-6(12)8(9)13/h4-5H,3,14H2,1-2H3,(H,15,17). The molecule has 1 aromatic rings. The summed E-state index contributed by atoms with van der Waals surface area (Å²) < 4.78 is 26.6. The van der Waals surface area contributed by atoms with Crippen LogP contribution in [0.3, 0.4) is 0 Å². The Hall–Kier alpha value is -2.09. The van der Waals surface area contributed by atoms with Crippen molar-refractivity contribution in [3.05, 3.63) is 33.9 Å². The smallest absolute Gasteiger partial charge is 0.296 e. The van der Waals surface area contributed by atoms with E-state index < -0.39 is 39.4 Å². The van der Waals surface area contributed by atoms with E-state index in [1.807, 2.05) is 5.32 Å². The molecule has 0 aromatic heterocycles. The van der Waals surface area contributed by atoms with E-state index in [0.29, 0.717) is 6.07 Å². The largest absolute Gasteiger partial charge is 0.318 e. The molecule has 0 aliphatic rings. The molecule has 0 spiro atoms. The molecule has 0 radical (unpaired) electrons. The molecule has 1 aromatic carbocycles. The number of hydrogen-bond acceptors (Lipinski definition) is 4. The molecule has 0 aliphatic carbocycles. The van der Waals surface area contributed by atoms with Crippen LogP contribution in [-0.4, -0.2) is 16.4 Å². The molecular formula is C11H13F2N3O3. The monoisotopic (exact) mass is 273 g/mol. The first-order chi connectivity index (χ1) is 8.70. The molecule has 6 nitrogen and oxygen atoms in total. The van der Waals surface area contributed by atoms with Crippen LogP contribution in [0.4, 0.5) is 20.2 Å². The van der Waals surface area contributed by atoms with Gasteiger partial charge in [0.2, 0.25) is 5.91 Å². The number of carbonyl (C=O) groups excluding carboxylic acids is 1. The highest BCUT2D eigenvalue weighted by molar-refractivity contribution is 5.99. The topological polar surface area (TPSA) is 98.3 Å². The van der Waals surface area contributed by atoms with Gasteiger partial charge in [0.25, 0.3) is 5.69 Å². The lowest BCUT2D eigenvalue weighted by atomic mass is 9.99. The third kappa shape index (κ3) is 3.02. The zero-order valence-electron chi connectivity index (χ0n) is 10.4. The first kappa shape index (κ1) is 15.0. The minimum atomic E-state index is -1.49. The molecule has 0 saturated carbocycles. The fraction of sp³-hybridized carbons (Fsp3) is 0.364. The Morgan fingerprint density at radius 2 is 2.11 bits per heavy atom. The van der Waals surface area contributed by atoms with Gasteiger partial charge in [-0.05, 0) is 19.4 Å². The summed E-state index contributed by atoms with van der Waals surface area (Å²) in [5.74, 6) is -3.62. The highest BCUT2D eigenvalue weighted by Gasteiger charge is 2.30. The maximum Gasteiger partial charge on any atom is 0.296 e. The number of anilines is 1. The Kier molecular flexibility index (Phi) is 4.15.